The number of hydrogen-bond donors (Lipinski definition) is 0. The van der Waals surface area contributed by atoms with Crippen LogP contribution in [-0.4, -0.2) is 8.42 Å². The highest BCUT2D eigenvalue weighted by molar-refractivity contribution is 9.10. The number of rotatable bonds is 1. The Morgan fingerprint density at radius 1 is 1.14 bits per heavy atom. The Morgan fingerprint density at radius 3 is 2.45 bits per heavy atom. The first-order chi connectivity index (χ1) is 10.4. The van der Waals surface area contributed by atoms with Crippen molar-refractivity contribution in [3.8, 4) is 6.07 Å². The topological polar surface area (TPSA) is 61.2 Å². The van der Waals surface area contributed by atoms with E-state index in [1.54, 1.807) is 29.2 Å². The van der Waals surface area contributed by atoms with Gasteiger partial charge in [0.2, 0.25) is 9.84 Å². The van der Waals surface area contributed by atoms with Crippen LogP contribution in [0.5, 0.6) is 0 Å². The number of aryl methyl sites for hydroxylation is 1. The van der Waals surface area contributed by atoms with Crippen LogP contribution in [0.2, 0.25) is 0 Å². The molecule has 0 unspecified atom stereocenters. The lowest BCUT2D eigenvalue weighted by atomic mass is 10.2. The molecular weight excluding hydrogens is 364 g/mol. The maximum Gasteiger partial charge on any atom is 0.220 e. The van der Waals surface area contributed by atoms with Gasteiger partial charge in [-0.1, -0.05) is 22.0 Å². The molecule has 1 heterocycles. The highest BCUT2D eigenvalue weighted by atomic mass is 79.9. The Bertz CT molecular complexity index is 926. The number of sulfone groups is 1. The molecule has 1 aliphatic heterocycles. The summed E-state index contributed by atoms with van der Waals surface area (Å²) < 4.78 is 25.8. The minimum Gasteiger partial charge on any atom is -0.314 e. The summed E-state index contributed by atoms with van der Waals surface area (Å²) in [6.07, 6.45) is 1.38. The minimum absolute atomic E-state index is 0.153. The average Bonchev–Trinajstić information content (AvgIpc) is 2.48. The molecule has 0 radical (unpaired) electrons. The van der Waals surface area contributed by atoms with Crippen LogP contribution in [-0.2, 0) is 9.84 Å². The van der Waals surface area contributed by atoms with Gasteiger partial charge >= 0.3 is 0 Å². The Morgan fingerprint density at radius 2 is 1.82 bits per heavy atom. The minimum atomic E-state index is -3.75. The van der Waals surface area contributed by atoms with Crippen LogP contribution in [0.25, 0.3) is 0 Å². The van der Waals surface area contributed by atoms with E-state index in [0.29, 0.717) is 5.69 Å². The molecular formula is C16H11BrN2O2S. The van der Waals surface area contributed by atoms with Gasteiger partial charge in [0.1, 0.15) is 6.07 Å². The summed E-state index contributed by atoms with van der Waals surface area (Å²) in [5.74, 6) is 0. The Kier molecular flexibility index (Phi) is 3.55. The molecule has 0 saturated carbocycles. The van der Waals surface area contributed by atoms with Crippen LogP contribution in [0.4, 0.5) is 11.4 Å². The van der Waals surface area contributed by atoms with Gasteiger partial charge in [0.15, 0.2) is 4.91 Å². The molecule has 0 N–H and O–H groups in total. The van der Waals surface area contributed by atoms with Crippen LogP contribution >= 0.6 is 15.9 Å². The van der Waals surface area contributed by atoms with Gasteiger partial charge in [-0.2, -0.15) is 5.26 Å². The van der Waals surface area contributed by atoms with Crippen molar-refractivity contribution in [1.29, 1.82) is 5.26 Å². The fourth-order valence-electron chi connectivity index (χ4n) is 2.32. The van der Waals surface area contributed by atoms with Gasteiger partial charge in [0.05, 0.1) is 10.6 Å². The van der Waals surface area contributed by atoms with Gasteiger partial charge in [-0.3, -0.25) is 0 Å². The molecule has 0 saturated heterocycles. The zero-order chi connectivity index (χ0) is 15.9. The van der Waals surface area contributed by atoms with Gasteiger partial charge in [0, 0.05) is 16.4 Å². The summed E-state index contributed by atoms with van der Waals surface area (Å²) in [6, 6.07) is 14.3. The lowest BCUT2D eigenvalue weighted by molar-refractivity contribution is 0.602. The maximum atomic E-state index is 12.5. The lowest BCUT2D eigenvalue weighted by Gasteiger charge is -2.28. The van der Waals surface area contributed by atoms with E-state index in [9.17, 15) is 13.7 Å². The van der Waals surface area contributed by atoms with Crippen molar-refractivity contribution in [2.24, 2.45) is 0 Å². The van der Waals surface area contributed by atoms with Crippen LogP contribution in [0, 0.1) is 18.3 Å². The number of hydrogen-bond acceptors (Lipinski definition) is 4. The average molecular weight is 375 g/mol. The number of benzene rings is 2. The molecule has 0 spiro atoms. The van der Waals surface area contributed by atoms with E-state index in [1.807, 2.05) is 31.2 Å². The highest BCUT2D eigenvalue weighted by Gasteiger charge is 2.31. The third-order valence-electron chi connectivity index (χ3n) is 3.41. The summed E-state index contributed by atoms with van der Waals surface area (Å²) in [4.78, 5) is 1.63. The summed E-state index contributed by atoms with van der Waals surface area (Å²) in [5, 5.41) is 9.18. The smallest absolute Gasteiger partial charge is 0.220 e. The molecule has 0 atom stereocenters. The summed E-state index contributed by atoms with van der Waals surface area (Å²) in [7, 11) is -3.75. The van der Waals surface area contributed by atoms with Crippen molar-refractivity contribution in [3.63, 3.8) is 0 Å². The number of nitriles is 1. The molecule has 3 rings (SSSR count). The van der Waals surface area contributed by atoms with Gasteiger partial charge in [-0.15, -0.1) is 0 Å². The van der Waals surface area contributed by atoms with E-state index in [1.165, 1.54) is 6.20 Å². The van der Waals surface area contributed by atoms with Crippen molar-refractivity contribution in [2.45, 2.75) is 11.8 Å². The van der Waals surface area contributed by atoms with E-state index in [0.717, 1.165) is 15.7 Å². The third kappa shape index (κ3) is 2.32. The van der Waals surface area contributed by atoms with E-state index < -0.39 is 9.84 Å². The standard InChI is InChI=1S/C16H11BrN2O2S/c1-11-2-7-16-15(8-11)19(10-14(9-18)22(16,20)21)13-5-3-12(17)4-6-13/h2-8,10H,1H3. The number of anilines is 2. The first-order valence-corrected chi connectivity index (χ1v) is 8.73. The predicted octanol–water partition coefficient (Wildman–Crippen LogP) is 4.05. The van der Waals surface area contributed by atoms with Crippen LogP contribution < -0.4 is 4.90 Å². The van der Waals surface area contributed by atoms with Crippen LogP contribution in [0.15, 0.2) is 62.9 Å². The first kappa shape index (κ1) is 14.8. The second-order valence-corrected chi connectivity index (χ2v) is 7.73. The molecule has 0 fully saturated rings. The number of nitrogens with zero attached hydrogens (tertiary/aromatic N) is 2. The van der Waals surface area contributed by atoms with Gasteiger partial charge in [0.25, 0.3) is 0 Å². The quantitative estimate of drug-likeness (QED) is 0.755. The summed E-state index contributed by atoms with van der Waals surface area (Å²) >= 11 is 3.37. The van der Waals surface area contributed by atoms with Crippen LogP contribution in [0.3, 0.4) is 0 Å². The third-order valence-corrected chi connectivity index (χ3v) is 5.64. The molecule has 0 aromatic heterocycles. The van der Waals surface area contributed by atoms with E-state index in [-0.39, 0.29) is 9.80 Å². The normalized spacial score (nSPS) is 15.7. The molecule has 0 amide bonds. The predicted molar refractivity (Wildman–Crippen MR) is 88.3 cm³/mol. The maximum absolute atomic E-state index is 12.5. The van der Waals surface area contributed by atoms with Gasteiger partial charge in [-0.25, -0.2) is 8.42 Å². The molecule has 2 aromatic rings. The van der Waals surface area contributed by atoms with Crippen molar-refractivity contribution in [3.05, 3.63) is 63.6 Å². The second kappa shape index (κ2) is 5.27. The number of halogens is 1. The molecule has 4 nitrogen and oxygen atoms in total. The zero-order valence-electron chi connectivity index (χ0n) is 11.6. The molecule has 6 heteroatoms. The molecule has 0 bridgehead atoms. The lowest BCUT2D eigenvalue weighted by Crippen LogP contribution is -2.21. The van der Waals surface area contributed by atoms with Gasteiger partial charge in [-0.05, 0) is 48.9 Å². The molecule has 0 aliphatic carbocycles. The van der Waals surface area contributed by atoms with Crippen molar-refractivity contribution >= 4 is 37.1 Å². The summed E-state index contributed by atoms with van der Waals surface area (Å²) in [6.45, 7) is 1.90. The molecule has 1 aliphatic rings. The fraction of sp³-hybridized carbons (Fsp3) is 0.0625. The van der Waals surface area contributed by atoms with Crippen LogP contribution in [0.1, 0.15) is 5.56 Å². The largest absolute Gasteiger partial charge is 0.314 e. The van der Waals surface area contributed by atoms with E-state index in [2.05, 4.69) is 15.9 Å². The Labute approximate surface area is 137 Å². The fourth-order valence-corrected chi connectivity index (χ4v) is 3.87. The Hall–Kier alpha value is -2.10. The first-order valence-electron chi connectivity index (χ1n) is 6.46. The van der Waals surface area contributed by atoms with Crippen molar-refractivity contribution < 1.29 is 8.42 Å². The molecule has 22 heavy (non-hydrogen) atoms. The monoisotopic (exact) mass is 374 g/mol. The van der Waals surface area contributed by atoms with E-state index >= 15 is 0 Å². The molecule has 2 aromatic carbocycles. The molecule has 110 valence electrons. The number of fused-ring (bicyclic) bond motifs is 1. The van der Waals surface area contributed by atoms with Crippen molar-refractivity contribution in [2.75, 3.05) is 4.90 Å². The summed E-state index contributed by atoms with van der Waals surface area (Å²) in [5.41, 5.74) is 2.30. The van der Waals surface area contributed by atoms with Gasteiger partial charge < -0.3 is 4.90 Å². The van der Waals surface area contributed by atoms with Crippen molar-refractivity contribution in [1.82, 2.24) is 0 Å². The number of allylic oxidation sites excluding steroid dienone is 1. The second-order valence-electron chi connectivity index (χ2n) is 4.93. The zero-order valence-corrected chi connectivity index (χ0v) is 14.0. The van der Waals surface area contributed by atoms with E-state index in [4.69, 9.17) is 0 Å². The Balaban J connectivity index is 2.29. The SMILES string of the molecule is Cc1ccc2c(c1)N(c1ccc(Br)cc1)C=C(C#N)S2(=O)=O. The highest BCUT2D eigenvalue weighted by Crippen LogP contribution is 2.39.